The molecule has 0 heterocycles. The molecule has 0 fully saturated rings. The SMILES string of the molecule is CN(C)C(=O)c1ccc(C(=O)N[C@@H]2CCc3cc(Cl)ccc32)cc1. The third-order valence-electron chi connectivity index (χ3n) is 4.29. The van der Waals surface area contributed by atoms with Gasteiger partial charge in [0, 0.05) is 30.2 Å². The predicted octanol–water partition coefficient (Wildman–Crippen LogP) is 3.46. The van der Waals surface area contributed by atoms with Crippen molar-refractivity contribution in [3.63, 3.8) is 0 Å². The maximum atomic E-state index is 12.5. The van der Waals surface area contributed by atoms with Gasteiger partial charge in [-0.2, -0.15) is 0 Å². The first kappa shape index (κ1) is 16.5. The Labute approximate surface area is 146 Å². The number of rotatable bonds is 3. The van der Waals surface area contributed by atoms with Crippen LogP contribution >= 0.6 is 11.6 Å². The fraction of sp³-hybridized carbons (Fsp3) is 0.263. The first-order valence-corrected chi connectivity index (χ1v) is 8.24. The Balaban J connectivity index is 1.71. The minimum Gasteiger partial charge on any atom is -0.345 e. The summed E-state index contributed by atoms with van der Waals surface area (Å²) in [4.78, 5) is 25.9. The molecule has 1 aliphatic carbocycles. The topological polar surface area (TPSA) is 49.4 Å². The molecule has 0 spiro atoms. The highest BCUT2D eigenvalue weighted by atomic mass is 35.5. The Bertz CT molecular complexity index is 784. The molecule has 124 valence electrons. The van der Waals surface area contributed by atoms with E-state index >= 15 is 0 Å². The standard InChI is InChI=1S/C19H19ClN2O2/c1-22(2)19(24)13-5-3-12(4-6-13)18(23)21-17-10-7-14-11-15(20)8-9-16(14)17/h3-6,8-9,11,17H,7,10H2,1-2H3,(H,21,23)/t17-/m1/s1. The number of carbonyl (C=O) groups is 2. The average Bonchev–Trinajstić information content (AvgIpc) is 2.96. The lowest BCUT2D eigenvalue weighted by Gasteiger charge is -2.15. The third-order valence-corrected chi connectivity index (χ3v) is 4.52. The zero-order chi connectivity index (χ0) is 17.3. The van der Waals surface area contributed by atoms with Gasteiger partial charge in [-0.3, -0.25) is 9.59 Å². The molecule has 2 aromatic rings. The quantitative estimate of drug-likeness (QED) is 0.928. The van der Waals surface area contributed by atoms with Gasteiger partial charge in [0.15, 0.2) is 0 Å². The number of aryl methyl sites for hydroxylation is 1. The Kier molecular flexibility index (Phi) is 4.58. The van der Waals surface area contributed by atoms with Crippen molar-refractivity contribution in [2.24, 2.45) is 0 Å². The van der Waals surface area contributed by atoms with Crippen molar-refractivity contribution in [2.75, 3.05) is 14.1 Å². The smallest absolute Gasteiger partial charge is 0.253 e. The van der Waals surface area contributed by atoms with Gasteiger partial charge in [0.2, 0.25) is 0 Å². The van der Waals surface area contributed by atoms with Crippen molar-refractivity contribution in [2.45, 2.75) is 18.9 Å². The van der Waals surface area contributed by atoms with Crippen molar-refractivity contribution in [3.05, 3.63) is 69.7 Å². The fourth-order valence-corrected chi connectivity index (χ4v) is 3.19. The summed E-state index contributed by atoms with van der Waals surface area (Å²) in [5, 5.41) is 3.79. The average molecular weight is 343 g/mol. The summed E-state index contributed by atoms with van der Waals surface area (Å²) in [6.45, 7) is 0. The Morgan fingerprint density at radius 1 is 1.08 bits per heavy atom. The van der Waals surface area contributed by atoms with Gasteiger partial charge in [-0.05, 0) is 60.4 Å². The van der Waals surface area contributed by atoms with Crippen LogP contribution in [0.2, 0.25) is 5.02 Å². The molecule has 2 amide bonds. The van der Waals surface area contributed by atoms with Crippen molar-refractivity contribution in [3.8, 4) is 0 Å². The third kappa shape index (κ3) is 3.29. The van der Waals surface area contributed by atoms with Crippen LogP contribution in [0.15, 0.2) is 42.5 Å². The van der Waals surface area contributed by atoms with Crippen LogP contribution in [0, 0.1) is 0 Å². The predicted molar refractivity (Wildman–Crippen MR) is 94.4 cm³/mol. The number of fused-ring (bicyclic) bond motifs is 1. The lowest BCUT2D eigenvalue weighted by Crippen LogP contribution is -2.27. The molecule has 0 aliphatic heterocycles. The Morgan fingerprint density at radius 2 is 1.75 bits per heavy atom. The van der Waals surface area contributed by atoms with E-state index in [0.29, 0.717) is 11.1 Å². The number of benzene rings is 2. The zero-order valence-corrected chi connectivity index (χ0v) is 14.4. The van der Waals surface area contributed by atoms with Gasteiger partial charge < -0.3 is 10.2 Å². The van der Waals surface area contributed by atoms with Crippen LogP contribution in [0.5, 0.6) is 0 Å². The van der Waals surface area contributed by atoms with Gasteiger partial charge in [-0.25, -0.2) is 0 Å². The molecule has 0 saturated carbocycles. The van der Waals surface area contributed by atoms with Crippen LogP contribution < -0.4 is 5.32 Å². The monoisotopic (exact) mass is 342 g/mol. The first-order valence-electron chi connectivity index (χ1n) is 7.86. The number of carbonyl (C=O) groups excluding carboxylic acids is 2. The van der Waals surface area contributed by atoms with E-state index in [1.54, 1.807) is 38.4 Å². The second kappa shape index (κ2) is 6.65. The molecule has 2 aromatic carbocycles. The van der Waals surface area contributed by atoms with E-state index in [1.807, 2.05) is 18.2 Å². The molecule has 0 saturated heterocycles. The first-order chi connectivity index (χ1) is 11.5. The van der Waals surface area contributed by atoms with E-state index in [1.165, 1.54) is 10.5 Å². The van der Waals surface area contributed by atoms with E-state index in [0.717, 1.165) is 23.4 Å². The van der Waals surface area contributed by atoms with Gasteiger partial charge in [-0.1, -0.05) is 17.7 Å². The molecule has 1 N–H and O–H groups in total. The minimum atomic E-state index is -0.133. The lowest BCUT2D eigenvalue weighted by atomic mass is 10.1. The number of hydrogen-bond acceptors (Lipinski definition) is 2. The van der Waals surface area contributed by atoms with E-state index in [2.05, 4.69) is 5.32 Å². The van der Waals surface area contributed by atoms with Crippen molar-refractivity contribution < 1.29 is 9.59 Å². The fourth-order valence-electron chi connectivity index (χ4n) is 3.00. The molecule has 3 rings (SSSR count). The molecule has 0 radical (unpaired) electrons. The molecule has 5 heteroatoms. The van der Waals surface area contributed by atoms with Crippen molar-refractivity contribution in [1.82, 2.24) is 10.2 Å². The van der Waals surface area contributed by atoms with Gasteiger partial charge >= 0.3 is 0 Å². The molecule has 24 heavy (non-hydrogen) atoms. The van der Waals surface area contributed by atoms with Crippen molar-refractivity contribution in [1.29, 1.82) is 0 Å². The highest BCUT2D eigenvalue weighted by Crippen LogP contribution is 2.33. The van der Waals surface area contributed by atoms with Crippen LogP contribution in [-0.2, 0) is 6.42 Å². The zero-order valence-electron chi connectivity index (χ0n) is 13.7. The van der Waals surface area contributed by atoms with Gasteiger partial charge in [-0.15, -0.1) is 0 Å². The van der Waals surface area contributed by atoms with Crippen LogP contribution in [0.3, 0.4) is 0 Å². The summed E-state index contributed by atoms with van der Waals surface area (Å²) < 4.78 is 0. The number of hydrogen-bond donors (Lipinski definition) is 1. The number of halogens is 1. The van der Waals surface area contributed by atoms with E-state index in [-0.39, 0.29) is 17.9 Å². The molecule has 1 atom stereocenters. The lowest BCUT2D eigenvalue weighted by molar-refractivity contribution is 0.0826. The van der Waals surface area contributed by atoms with E-state index in [9.17, 15) is 9.59 Å². The van der Waals surface area contributed by atoms with Gasteiger partial charge in [0.25, 0.3) is 11.8 Å². The summed E-state index contributed by atoms with van der Waals surface area (Å²) in [7, 11) is 3.40. The molecule has 0 unspecified atom stereocenters. The van der Waals surface area contributed by atoms with Gasteiger partial charge in [0.05, 0.1) is 6.04 Å². The number of amides is 2. The van der Waals surface area contributed by atoms with Crippen LogP contribution in [0.25, 0.3) is 0 Å². The maximum absolute atomic E-state index is 12.5. The summed E-state index contributed by atoms with van der Waals surface area (Å²) >= 11 is 6.02. The van der Waals surface area contributed by atoms with Crippen LogP contribution in [0.1, 0.15) is 44.3 Å². The molecular weight excluding hydrogens is 324 g/mol. The van der Waals surface area contributed by atoms with E-state index in [4.69, 9.17) is 11.6 Å². The highest BCUT2D eigenvalue weighted by Gasteiger charge is 2.24. The second-order valence-electron chi connectivity index (χ2n) is 6.18. The summed E-state index contributed by atoms with van der Waals surface area (Å²) in [6.07, 6.45) is 1.79. The largest absolute Gasteiger partial charge is 0.345 e. The number of nitrogens with one attached hydrogen (secondary N) is 1. The van der Waals surface area contributed by atoms with Crippen LogP contribution in [-0.4, -0.2) is 30.8 Å². The Morgan fingerprint density at radius 3 is 2.42 bits per heavy atom. The summed E-state index contributed by atoms with van der Waals surface area (Å²) in [5.74, 6) is -0.213. The molecule has 1 aliphatic rings. The summed E-state index contributed by atoms with van der Waals surface area (Å²) in [6, 6.07) is 12.5. The molecule has 0 aromatic heterocycles. The van der Waals surface area contributed by atoms with E-state index < -0.39 is 0 Å². The molecular formula is C19H19ClN2O2. The van der Waals surface area contributed by atoms with Gasteiger partial charge in [0.1, 0.15) is 0 Å². The minimum absolute atomic E-state index is 0.00727. The second-order valence-corrected chi connectivity index (χ2v) is 6.62. The Hall–Kier alpha value is -2.33. The molecule has 0 bridgehead atoms. The molecule has 4 nitrogen and oxygen atoms in total. The normalized spacial score (nSPS) is 15.7. The number of nitrogens with zero attached hydrogens (tertiary/aromatic N) is 1. The van der Waals surface area contributed by atoms with Crippen molar-refractivity contribution >= 4 is 23.4 Å². The maximum Gasteiger partial charge on any atom is 0.253 e. The van der Waals surface area contributed by atoms with Crippen LogP contribution in [0.4, 0.5) is 0 Å². The highest BCUT2D eigenvalue weighted by molar-refractivity contribution is 6.30. The summed E-state index contributed by atoms with van der Waals surface area (Å²) in [5.41, 5.74) is 3.44.